The summed E-state index contributed by atoms with van der Waals surface area (Å²) < 4.78 is 4.51. The van der Waals surface area contributed by atoms with Crippen LogP contribution in [0.15, 0.2) is 12.3 Å². The van der Waals surface area contributed by atoms with Crippen LogP contribution in [0.5, 0.6) is 5.88 Å². The summed E-state index contributed by atoms with van der Waals surface area (Å²) in [5, 5.41) is 0. The Bertz CT molecular complexity index is 201. The molecule has 9 heavy (non-hydrogen) atoms. The van der Waals surface area contributed by atoms with Gasteiger partial charge < -0.3 is 10.5 Å². The van der Waals surface area contributed by atoms with E-state index in [-0.39, 0.29) is 5.95 Å². The van der Waals surface area contributed by atoms with Crippen LogP contribution in [0, 0.1) is 7.11 Å². The highest BCUT2D eigenvalue weighted by Gasteiger charge is 1.90. The molecule has 4 heteroatoms. The lowest BCUT2D eigenvalue weighted by molar-refractivity contribution is 0.453. The maximum absolute atomic E-state index is 5.20. The zero-order chi connectivity index (χ0) is 6.69. The highest BCUT2D eigenvalue weighted by Crippen LogP contribution is 2.03. The molecule has 2 N–H and O–H groups in total. The van der Waals surface area contributed by atoms with Crippen molar-refractivity contribution in [1.82, 2.24) is 9.97 Å². The number of nitrogens with zero attached hydrogens (tertiary/aromatic N) is 2. The summed E-state index contributed by atoms with van der Waals surface area (Å²) in [6.45, 7) is 0. The highest BCUT2D eigenvalue weighted by molar-refractivity contribution is 5.20. The van der Waals surface area contributed by atoms with Crippen molar-refractivity contribution < 1.29 is 4.74 Å². The number of nitrogen functional groups attached to an aromatic ring is 1. The Kier molecular flexibility index (Phi) is 1.48. The minimum atomic E-state index is 0.191. The average molecular weight is 124 g/mol. The summed E-state index contributed by atoms with van der Waals surface area (Å²) in [5.41, 5.74) is 5.20. The molecule has 0 bridgehead atoms. The van der Waals surface area contributed by atoms with Gasteiger partial charge in [0.1, 0.15) is 7.11 Å². The van der Waals surface area contributed by atoms with Gasteiger partial charge in [-0.1, -0.05) is 0 Å². The maximum atomic E-state index is 5.20. The zero-order valence-electron chi connectivity index (χ0n) is 4.74. The fraction of sp³-hybridized carbons (Fsp3) is 0. The van der Waals surface area contributed by atoms with Crippen molar-refractivity contribution in [2.75, 3.05) is 5.73 Å². The van der Waals surface area contributed by atoms with Gasteiger partial charge in [0.15, 0.2) is 0 Å². The van der Waals surface area contributed by atoms with Gasteiger partial charge in [-0.3, -0.25) is 0 Å². The molecule has 0 aliphatic rings. The topological polar surface area (TPSA) is 61.0 Å². The number of ether oxygens (including phenoxy) is 1. The van der Waals surface area contributed by atoms with Gasteiger partial charge in [0, 0.05) is 12.3 Å². The van der Waals surface area contributed by atoms with Gasteiger partial charge in [-0.25, -0.2) is 4.98 Å². The van der Waals surface area contributed by atoms with Gasteiger partial charge >= 0.3 is 0 Å². The van der Waals surface area contributed by atoms with Crippen LogP contribution in [0.3, 0.4) is 0 Å². The summed E-state index contributed by atoms with van der Waals surface area (Å²) >= 11 is 0. The SMILES string of the molecule is [CH2]Oc1ccnc(N)n1. The molecule has 0 spiro atoms. The predicted molar refractivity (Wildman–Crippen MR) is 32.4 cm³/mol. The van der Waals surface area contributed by atoms with Crippen LogP contribution in [-0.4, -0.2) is 9.97 Å². The first kappa shape index (κ1) is 5.81. The second-order valence-electron chi connectivity index (χ2n) is 1.40. The standard InChI is InChI=1S/C5H6N3O/c1-9-4-2-3-7-5(6)8-4/h2-3H,1H2,(H2,6,7,8). The summed E-state index contributed by atoms with van der Waals surface area (Å²) in [4.78, 5) is 7.32. The van der Waals surface area contributed by atoms with Gasteiger partial charge in [0.2, 0.25) is 11.8 Å². The van der Waals surface area contributed by atoms with Crippen LogP contribution in [0.2, 0.25) is 0 Å². The Morgan fingerprint density at radius 2 is 2.44 bits per heavy atom. The normalized spacial score (nSPS) is 9.00. The van der Waals surface area contributed by atoms with Crippen LogP contribution in [0.1, 0.15) is 0 Å². The number of aromatic nitrogens is 2. The fourth-order valence-electron chi connectivity index (χ4n) is 0.437. The first-order chi connectivity index (χ1) is 4.33. The van der Waals surface area contributed by atoms with E-state index in [1.165, 1.54) is 6.20 Å². The molecule has 1 aromatic rings. The molecule has 0 unspecified atom stereocenters. The van der Waals surface area contributed by atoms with Crippen molar-refractivity contribution in [1.29, 1.82) is 0 Å². The summed E-state index contributed by atoms with van der Waals surface area (Å²) in [7, 11) is 3.15. The third-order valence-corrected chi connectivity index (χ3v) is 0.797. The van der Waals surface area contributed by atoms with Crippen molar-refractivity contribution >= 4 is 5.95 Å². The molecule has 1 heterocycles. The van der Waals surface area contributed by atoms with Crippen molar-refractivity contribution in [2.45, 2.75) is 0 Å². The zero-order valence-corrected chi connectivity index (χ0v) is 4.74. The average Bonchev–Trinajstić information content (AvgIpc) is 1.88. The Hall–Kier alpha value is -1.32. The van der Waals surface area contributed by atoms with Crippen molar-refractivity contribution in [2.24, 2.45) is 0 Å². The smallest absolute Gasteiger partial charge is 0.223 e. The third kappa shape index (κ3) is 1.28. The van der Waals surface area contributed by atoms with E-state index < -0.39 is 0 Å². The Labute approximate surface area is 52.7 Å². The number of hydrogen-bond acceptors (Lipinski definition) is 4. The molecule has 4 nitrogen and oxygen atoms in total. The lowest BCUT2D eigenvalue weighted by Gasteiger charge is -1.95. The molecule has 0 saturated heterocycles. The number of nitrogens with two attached hydrogens (primary N) is 1. The number of rotatable bonds is 1. The van der Waals surface area contributed by atoms with Crippen molar-refractivity contribution in [3.8, 4) is 5.88 Å². The van der Waals surface area contributed by atoms with E-state index in [0.29, 0.717) is 5.88 Å². The van der Waals surface area contributed by atoms with E-state index in [2.05, 4.69) is 21.8 Å². The van der Waals surface area contributed by atoms with Crippen LogP contribution < -0.4 is 10.5 Å². The number of anilines is 1. The molecular weight excluding hydrogens is 118 g/mol. The highest BCUT2D eigenvalue weighted by atomic mass is 16.5. The van der Waals surface area contributed by atoms with E-state index in [0.717, 1.165) is 0 Å². The predicted octanol–water partition coefficient (Wildman–Crippen LogP) is 0.229. The van der Waals surface area contributed by atoms with Crippen molar-refractivity contribution in [3.05, 3.63) is 19.4 Å². The summed E-state index contributed by atoms with van der Waals surface area (Å²) in [6.07, 6.45) is 1.50. The molecule has 1 radical (unpaired) electrons. The molecular formula is C5H6N3O. The Balaban J connectivity index is 2.94. The molecule has 0 amide bonds. The summed E-state index contributed by atoms with van der Waals surface area (Å²) in [6, 6.07) is 1.57. The van der Waals surface area contributed by atoms with E-state index >= 15 is 0 Å². The molecule has 0 fully saturated rings. The van der Waals surface area contributed by atoms with Gasteiger partial charge in [0.05, 0.1) is 0 Å². The molecule has 0 aliphatic heterocycles. The molecule has 0 aromatic carbocycles. The fourth-order valence-corrected chi connectivity index (χ4v) is 0.437. The Morgan fingerprint density at radius 1 is 1.67 bits per heavy atom. The van der Waals surface area contributed by atoms with E-state index in [9.17, 15) is 0 Å². The molecule has 0 saturated carbocycles. The molecule has 1 aromatic heterocycles. The van der Waals surface area contributed by atoms with Crippen LogP contribution in [0.4, 0.5) is 5.95 Å². The Morgan fingerprint density at radius 3 is 2.89 bits per heavy atom. The van der Waals surface area contributed by atoms with Crippen LogP contribution in [0.25, 0.3) is 0 Å². The molecule has 1 rings (SSSR count). The lowest BCUT2D eigenvalue weighted by atomic mass is 10.6. The largest absolute Gasteiger partial charge is 0.474 e. The lowest BCUT2D eigenvalue weighted by Crippen LogP contribution is -1.94. The van der Waals surface area contributed by atoms with E-state index in [1.807, 2.05) is 0 Å². The second-order valence-corrected chi connectivity index (χ2v) is 1.40. The van der Waals surface area contributed by atoms with E-state index in [4.69, 9.17) is 5.73 Å². The molecule has 0 aliphatic carbocycles. The quantitative estimate of drug-likeness (QED) is 0.582. The minimum Gasteiger partial charge on any atom is -0.474 e. The first-order valence-corrected chi connectivity index (χ1v) is 2.33. The monoisotopic (exact) mass is 124 g/mol. The molecule has 0 atom stereocenters. The van der Waals surface area contributed by atoms with Crippen LogP contribution >= 0.6 is 0 Å². The maximum Gasteiger partial charge on any atom is 0.223 e. The summed E-state index contributed by atoms with van der Waals surface area (Å²) in [5.74, 6) is 0.568. The van der Waals surface area contributed by atoms with Crippen molar-refractivity contribution in [3.63, 3.8) is 0 Å². The second kappa shape index (κ2) is 2.30. The van der Waals surface area contributed by atoms with Gasteiger partial charge in [-0.05, 0) is 0 Å². The third-order valence-electron chi connectivity index (χ3n) is 0.797. The molecule has 47 valence electrons. The van der Waals surface area contributed by atoms with Gasteiger partial charge in [-0.2, -0.15) is 4.98 Å². The minimum absolute atomic E-state index is 0.191. The first-order valence-electron chi connectivity index (χ1n) is 2.33. The van der Waals surface area contributed by atoms with Gasteiger partial charge in [-0.15, -0.1) is 0 Å². The van der Waals surface area contributed by atoms with E-state index in [1.54, 1.807) is 6.07 Å². The number of hydrogen-bond donors (Lipinski definition) is 1. The van der Waals surface area contributed by atoms with Gasteiger partial charge in [0.25, 0.3) is 0 Å². The van der Waals surface area contributed by atoms with Crippen LogP contribution in [-0.2, 0) is 0 Å².